The van der Waals surface area contributed by atoms with Crippen LogP contribution in [0.15, 0.2) is 0 Å². The molecule has 0 radical (unpaired) electrons. The number of hydrogen-bond acceptors (Lipinski definition) is 3. The molecule has 0 saturated carbocycles. The molecule has 2 N–H and O–H groups in total. The molecule has 18 heavy (non-hydrogen) atoms. The van der Waals surface area contributed by atoms with Crippen molar-refractivity contribution in [1.29, 1.82) is 0 Å². The highest BCUT2D eigenvalue weighted by Gasteiger charge is 2.21. The summed E-state index contributed by atoms with van der Waals surface area (Å²) >= 11 is 0. The number of amides is 2. The van der Waals surface area contributed by atoms with E-state index in [1.807, 2.05) is 0 Å². The second-order valence-corrected chi connectivity index (χ2v) is 4.47. The third-order valence-corrected chi connectivity index (χ3v) is 2.90. The van der Waals surface area contributed by atoms with Gasteiger partial charge in [-0.1, -0.05) is 6.42 Å². The van der Waals surface area contributed by atoms with E-state index >= 15 is 0 Å². The van der Waals surface area contributed by atoms with Crippen LogP contribution in [0.3, 0.4) is 0 Å². The Morgan fingerprint density at radius 3 is 2.67 bits per heavy atom. The molecule has 1 aliphatic rings. The van der Waals surface area contributed by atoms with Crippen LogP contribution in [-0.2, 0) is 14.4 Å². The zero-order valence-corrected chi connectivity index (χ0v) is 10.5. The molecule has 1 saturated heterocycles. The Labute approximate surface area is 106 Å². The fraction of sp³-hybridized carbons (Fsp3) is 0.750. The lowest BCUT2D eigenvalue weighted by Crippen LogP contribution is -2.38. The van der Waals surface area contributed by atoms with Crippen molar-refractivity contribution < 1.29 is 19.5 Å². The second-order valence-electron chi connectivity index (χ2n) is 4.47. The van der Waals surface area contributed by atoms with Gasteiger partial charge >= 0.3 is 5.97 Å². The fourth-order valence-corrected chi connectivity index (χ4v) is 1.91. The van der Waals surface area contributed by atoms with Gasteiger partial charge in [0.1, 0.15) is 0 Å². The Morgan fingerprint density at radius 2 is 2.06 bits per heavy atom. The Morgan fingerprint density at radius 1 is 1.28 bits per heavy atom. The number of aliphatic carboxylic acids is 1. The Kier molecular flexibility index (Phi) is 6.18. The lowest BCUT2D eigenvalue weighted by atomic mass is 10.2. The number of nitrogens with zero attached hydrogens (tertiary/aromatic N) is 1. The van der Waals surface area contributed by atoms with Gasteiger partial charge in [-0.15, -0.1) is 0 Å². The van der Waals surface area contributed by atoms with E-state index in [-0.39, 0.29) is 24.8 Å². The molecule has 0 aromatic rings. The summed E-state index contributed by atoms with van der Waals surface area (Å²) in [7, 11) is 0. The van der Waals surface area contributed by atoms with Crippen LogP contribution in [0.2, 0.25) is 0 Å². The largest absolute Gasteiger partial charge is 0.481 e. The van der Waals surface area contributed by atoms with E-state index in [1.54, 1.807) is 4.90 Å². The summed E-state index contributed by atoms with van der Waals surface area (Å²) in [6, 6.07) is 0. The van der Waals surface area contributed by atoms with Gasteiger partial charge in [-0.3, -0.25) is 14.4 Å². The van der Waals surface area contributed by atoms with Crippen molar-refractivity contribution in [3.8, 4) is 0 Å². The molecule has 0 aromatic heterocycles. The van der Waals surface area contributed by atoms with Gasteiger partial charge < -0.3 is 15.3 Å². The van der Waals surface area contributed by atoms with E-state index in [9.17, 15) is 14.4 Å². The second kappa shape index (κ2) is 7.68. The number of hydrogen-bond donors (Lipinski definition) is 2. The average molecular weight is 256 g/mol. The molecule has 0 spiro atoms. The predicted octanol–water partition coefficient (Wildman–Crippen LogP) is 0.370. The van der Waals surface area contributed by atoms with Gasteiger partial charge in [-0.2, -0.15) is 0 Å². The first-order valence-electron chi connectivity index (χ1n) is 6.36. The van der Waals surface area contributed by atoms with Gasteiger partial charge in [0.2, 0.25) is 11.8 Å². The smallest absolute Gasteiger partial charge is 0.303 e. The van der Waals surface area contributed by atoms with Crippen molar-refractivity contribution in [1.82, 2.24) is 10.2 Å². The zero-order valence-electron chi connectivity index (χ0n) is 10.5. The molecule has 1 fully saturated rings. The van der Waals surface area contributed by atoms with Crippen molar-refractivity contribution >= 4 is 17.8 Å². The maximum Gasteiger partial charge on any atom is 0.303 e. The minimum Gasteiger partial charge on any atom is -0.481 e. The lowest BCUT2D eigenvalue weighted by Gasteiger charge is -2.14. The van der Waals surface area contributed by atoms with Crippen molar-refractivity contribution in [2.24, 2.45) is 0 Å². The third-order valence-electron chi connectivity index (χ3n) is 2.90. The summed E-state index contributed by atoms with van der Waals surface area (Å²) in [6.45, 7) is 1.36. The first-order valence-corrected chi connectivity index (χ1v) is 6.36. The number of rotatable bonds is 8. The Bertz CT molecular complexity index is 317. The van der Waals surface area contributed by atoms with Gasteiger partial charge in [0.05, 0.1) is 6.54 Å². The molecule has 1 heterocycles. The quantitative estimate of drug-likeness (QED) is 0.614. The van der Waals surface area contributed by atoms with Crippen molar-refractivity contribution in [2.45, 2.75) is 38.5 Å². The molecule has 0 bridgehead atoms. The molecular weight excluding hydrogens is 236 g/mol. The van der Waals surface area contributed by atoms with E-state index in [0.717, 1.165) is 19.3 Å². The van der Waals surface area contributed by atoms with Crippen molar-refractivity contribution in [2.75, 3.05) is 19.6 Å². The lowest BCUT2D eigenvalue weighted by molar-refractivity contribution is -0.137. The fourth-order valence-electron chi connectivity index (χ4n) is 1.91. The van der Waals surface area contributed by atoms with Crippen molar-refractivity contribution in [3.63, 3.8) is 0 Å². The minimum absolute atomic E-state index is 0.0478. The number of nitrogens with one attached hydrogen (secondary N) is 1. The topological polar surface area (TPSA) is 86.7 Å². The highest BCUT2D eigenvalue weighted by atomic mass is 16.4. The normalized spacial score (nSPS) is 14.9. The third kappa shape index (κ3) is 5.65. The zero-order chi connectivity index (χ0) is 13.4. The van der Waals surface area contributed by atoms with Crippen molar-refractivity contribution in [3.05, 3.63) is 0 Å². The first kappa shape index (κ1) is 14.5. The molecule has 0 aliphatic carbocycles. The Balaban J connectivity index is 2.00. The maximum absolute atomic E-state index is 11.5. The van der Waals surface area contributed by atoms with Crippen LogP contribution in [0.25, 0.3) is 0 Å². The number of carboxylic acid groups (broad SMARTS) is 1. The van der Waals surface area contributed by atoms with Gasteiger partial charge in [-0.25, -0.2) is 0 Å². The summed E-state index contributed by atoms with van der Waals surface area (Å²) < 4.78 is 0. The molecule has 102 valence electrons. The van der Waals surface area contributed by atoms with E-state index in [1.165, 1.54) is 0 Å². The van der Waals surface area contributed by atoms with Gasteiger partial charge in [-0.05, 0) is 19.3 Å². The van der Waals surface area contributed by atoms with Crippen LogP contribution in [0.1, 0.15) is 38.5 Å². The molecule has 0 atom stereocenters. The molecular formula is C12H20N2O4. The molecule has 1 rings (SSSR count). The van der Waals surface area contributed by atoms with Crippen LogP contribution in [0.5, 0.6) is 0 Å². The molecule has 1 aliphatic heterocycles. The van der Waals surface area contributed by atoms with Crippen LogP contribution < -0.4 is 5.32 Å². The van der Waals surface area contributed by atoms with Gasteiger partial charge in [0.15, 0.2) is 0 Å². The number of carboxylic acids is 1. The van der Waals surface area contributed by atoms with E-state index < -0.39 is 5.97 Å². The summed E-state index contributed by atoms with van der Waals surface area (Å²) in [5.74, 6) is -0.873. The van der Waals surface area contributed by atoms with Gasteiger partial charge in [0.25, 0.3) is 0 Å². The van der Waals surface area contributed by atoms with E-state index in [0.29, 0.717) is 25.9 Å². The number of carbonyl (C=O) groups excluding carboxylic acids is 2. The molecule has 0 aromatic carbocycles. The summed E-state index contributed by atoms with van der Waals surface area (Å²) in [6.07, 6.45) is 3.75. The predicted molar refractivity (Wildman–Crippen MR) is 64.9 cm³/mol. The summed E-state index contributed by atoms with van der Waals surface area (Å²) in [5.41, 5.74) is 0. The molecule has 6 heteroatoms. The monoisotopic (exact) mass is 256 g/mol. The number of carbonyl (C=O) groups is 3. The average Bonchev–Trinajstić information content (AvgIpc) is 2.69. The SMILES string of the molecule is O=C(O)CCCCCNC(=O)CN1CCCC1=O. The highest BCUT2D eigenvalue weighted by Crippen LogP contribution is 2.08. The van der Waals surface area contributed by atoms with Gasteiger partial charge in [0, 0.05) is 25.9 Å². The van der Waals surface area contributed by atoms with E-state index in [2.05, 4.69) is 5.32 Å². The summed E-state index contributed by atoms with van der Waals surface area (Å²) in [4.78, 5) is 34.6. The molecule has 2 amide bonds. The molecule has 6 nitrogen and oxygen atoms in total. The minimum atomic E-state index is -0.786. The standard InChI is InChI=1S/C12H20N2O4/c15-10(9-14-8-4-5-11(14)16)13-7-3-1-2-6-12(17)18/h1-9H2,(H,13,15)(H,17,18). The van der Waals surface area contributed by atoms with Crippen LogP contribution in [0, 0.1) is 0 Å². The Hall–Kier alpha value is -1.59. The van der Waals surface area contributed by atoms with Crippen LogP contribution in [-0.4, -0.2) is 47.4 Å². The number of unbranched alkanes of at least 4 members (excludes halogenated alkanes) is 2. The highest BCUT2D eigenvalue weighted by molar-refractivity contribution is 5.85. The first-order chi connectivity index (χ1) is 8.59. The van der Waals surface area contributed by atoms with E-state index in [4.69, 9.17) is 5.11 Å². The maximum atomic E-state index is 11.5. The van der Waals surface area contributed by atoms with Crippen LogP contribution >= 0.6 is 0 Å². The van der Waals surface area contributed by atoms with Crippen LogP contribution in [0.4, 0.5) is 0 Å². The molecule has 0 unspecified atom stereocenters. The number of likely N-dealkylation sites (tertiary alicyclic amines) is 1. The summed E-state index contributed by atoms with van der Waals surface area (Å²) in [5, 5.41) is 11.2.